The topological polar surface area (TPSA) is 49.8 Å². The maximum absolute atomic E-state index is 13.1. The molecule has 0 fully saturated rings. The Hall–Kier alpha value is -1.88. The Morgan fingerprint density at radius 1 is 1.00 bits per heavy atom. The Bertz CT molecular complexity index is 775. The summed E-state index contributed by atoms with van der Waals surface area (Å²) in [6.07, 6.45) is 0. The molecule has 1 unspecified atom stereocenters. The van der Waals surface area contributed by atoms with Gasteiger partial charge in [-0.05, 0) is 56.1 Å². The molecule has 2 aromatic rings. The Kier molecular flexibility index (Phi) is 9.15. The van der Waals surface area contributed by atoms with Gasteiger partial charge >= 0.3 is 5.97 Å². The van der Waals surface area contributed by atoms with E-state index < -0.39 is 11.6 Å². The third-order valence-corrected chi connectivity index (χ3v) is 5.33. The molecule has 154 valence electrons. The van der Waals surface area contributed by atoms with E-state index in [1.807, 2.05) is 51.1 Å². The van der Waals surface area contributed by atoms with Crippen molar-refractivity contribution in [2.45, 2.75) is 40.2 Å². The van der Waals surface area contributed by atoms with Crippen LogP contribution in [-0.2, 0) is 15.1 Å². The summed E-state index contributed by atoms with van der Waals surface area (Å²) < 4.78 is 5.57. The van der Waals surface area contributed by atoms with Gasteiger partial charge in [-0.25, -0.2) is 4.79 Å². The summed E-state index contributed by atoms with van der Waals surface area (Å²) >= 11 is 0. The van der Waals surface area contributed by atoms with Gasteiger partial charge in [-0.1, -0.05) is 56.3 Å². The van der Waals surface area contributed by atoms with Crippen molar-refractivity contribution in [1.82, 2.24) is 4.90 Å². The Morgan fingerprint density at radius 3 is 2.14 bits per heavy atom. The van der Waals surface area contributed by atoms with Crippen LogP contribution in [0.4, 0.5) is 0 Å². The van der Waals surface area contributed by atoms with E-state index in [1.54, 1.807) is 12.1 Å². The molecule has 2 rings (SSSR count). The first-order valence-electron chi connectivity index (χ1n) is 9.60. The Balaban J connectivity index is 0.00000392. The summed E-state index contributed by atoms with van der Waals surface area (Å²) in [6, 6.07) is 13.0. The van der Waals surface area contributed by atoms with Gasteiger partial charge in [0.2, 0.25) is 5.60 Å². The van der Waals surface area contributed by atoms with Crippen molar-refractivity contribution in [3.8, 4) is 0 Å². The molecule has 0 saturated carbocycles. The van der Waals surface area contributed by atoms with Gasteiger partial charge in [0.25, 0.3) is 0 Å². The molecule has 4 nitrogen and oxygen atoms in total. The standard InChI is InChI=1S/C23H31NO3.ClH/c1-6-24(7-2)15-16-27-22(25)23(26,20-11-9-8-10-12-20)21-18(4)14-13-17(3)19(21)5;/h8-14,26H,6-7,15-16H2,1-5H3;1H. The smallest absolute Gasteiger partial charge is 0.347 e. The maximum atomic E-state index is 13.1. The minimum Gasteiger partial charge on any atom is -0.462 e. The monoisotopic (exact) mass is 405 g/mol. The highest BCUT2D eigenvalue weighted by Crippen LogP contribution is 2.36. The largest absolute Gasteiger partial charge is 0.462 e. The normalized spacial score (nSPS) is 13.0. The van der Waals surface area contributed by atoms with Gasteiger partial charge < -0.3 is 14.7 Å². The van der Waals surface area contributed by atoms with E-state index in [-0.39, 0.29) is 19.0 Å². The lowest BCUT2D eigenvalue weighted by atomic mass is 9.80. The van der Waals surface area contributed by atoms with Crippen molar-refractivity contribution in [2.75, 3.05) is 26.2 Å². The molecule has 0 amide bonds. The van der Waals surface area contributed by atoms with Crippen molar-refractivity contribution in [3.63, 3.8) is 0 Å². The lowest BCUT2D eigenvalue weighted by molar-refractivity contribution is -0.162. The SMILES string of the molecule is CCN(CC)CCOC(=O)C(O)(c1ccccc1)c1c(C)ccc(C)c1C.Cl. The number of likely N-dealkylation sites (N-methyl/N-ethyl adjacent to an activating group) is 1. The van der Waals surface area contributed by atoms with E-state index in [0.29, 0.717) is 17.7 Å². The quantitative estimate of drug-likeness (QED) is 0.670. The second-order valence-corrected chi connectivity index (χ2v) is 6.94. The van der Waals surface area contributed by atoms with Crippen LogP contribution in [0.15, 0.2) is 42.5 Å². The van der Waals surface area contributed by atoms with Gasteiger partial charge in [-0.15, -0.1) is 12.4 Å². The number of esters is 1. The van der Waals surface area contributed by atoms with Crippen LogP contribution in [0.5, 0.6) is 0 Å². The molecular weight excluding hydrogens is 374 g/mol. The van der Waals surface area contributed by atoms with Crippen LogP contribution in [0, 0.1) is 20.8 Å². The molecule has 1 atom stereocenters. The fourth-order valence-electron chi connectivity index (χ4n) is 3.46. The minimum absolute atomic E-state index is 0. The zero-order valence-corrected chi connectivity index (χ0v) is 18.3. The predicted molar refractivity (Wildman–Crippen MR) is 116 cm³/mol. The van der Waals surface area contributed by atoms with Gasteiger partial charge in [0.15, 0.2) is 0 Å². The maximum Gasteiger partial charge on any atom is 0.347 e. The minimum atomic E-state index is -1.83. The second-order valence-electron chi connectivity index (χ2n) is 6.94. The molecule has 0 spiro atoms. The Labute approximate surface area is 174 Å². The van der Waals surface area contributed by atoms with Crippen molar-refractivity contribution in [1.29, 1.82) is 0 Å². The molecule has 0 heterocycles. The van der Waals surface area contributed by atoms with E-state index in [2.05, 4.69) is 18.7 Å². The van der Waals surface area contributed by atoms with Gasteiger partial charge in [0.1, 0.15) is 6.61 Å². The van der Waals surface area contributed by atoms with Crippen LogP contribution in [0.25, 0.3) is 0 Å². The van der Waals surface area contributed by atoms with Crippen LogP contribution in [-0.4, -0.2) is 42.2 Å². The number of aryl methyl sites for hydroxylation is 2. The number of rotatable bonds is 8. The van der Waals surface area contributed by atoms with Crippen molar-refractivity contribution in [2.24, 2.45) is 0 Å². The Morgan fingerprint density at radius 2 is 1.57 bits per heavy atom. The van der Waals surface area contributed by atoms with E-state index in [0.717, 1.165) is 29.8 Å². The summed E-state index contributed by atoms with van der Waals surface area (Å²) in [6.45, 7) is 12.7. The lowest BCUT2D eigenvalue weighted by Gasteiger charge is -2.31. The van der Waals surface area contributed by atoms with Crippen LogP contribution in [0.1, 0.15) is 41.7 Å². The molecule has 28 heavy (non-hydrogen) atoms. The molecule has 2 aromatic carbocycles. The summed E-state index contributed by atoms with van der Waals surface area (Å²) in [5.41, 5.74) is 2.11. The summed E-state index contributed by atoms with van der Waals surface area (Å²) in [5, 5.41) is 11.7. The second kappa shape index (κ2) is 10.6. The van der Waals surface area contributed by atoms with E-state index in [4.69, 9.17) is 4.74 Å². The van der Waals surface area contributed by atoms with Gasteiger partial charge in [0, 0.05) is 12.1 Å². The van der Waals surface area contributed by atoms with E-state index in [9.17, 15) is 9.90 Å². The predicted octanol–water partition coefficient (Wildman–Crippen LogP) is 4.15. The first-order valence-corrected chi connectivity index (χ1v) is 9.60. The number of halogens is 1. The first-order chi connectivity index (χ1) is 12.9. The zero-order chi connectivity index (χ0) is 20.0. The summed E-state index contributed by atoms with van der Waals surface area (Å²) in [4.78, 5) is 15.3. The molecule has 0 aliphatic heterocycles. The molecule has 0 aliphatic rings. The number of benzene rings is 2. The molecule has 1 N–H and O–H groups in total. The molecule has 0 radical (unpaired) electrons. The molecular formula is C23H32ClNO3. The van der Waals surface area contributed by atoms with E-state index >= 15 is 0 Å². The van der Waals surface area contributed by atoms with Gasteiger partial charge in [-0.2, -0.15) is 0 Å². The molecule has 0 bridgehead atoms. The van der Waals surface area contributed by atoms with Crippen LogP contribution < -0.4 is 0 Å². The van der Waals surface area contributed by atoms with Crippen LogP contribution in [0.2, 0.25) is 0 Å². The highest BCUT2D eigenvalue weighted by atomic mass is 35.5. The number of ether oxygens (including phenoxy) is 1. The highest BCUT2D eigenvalue weighted by molar-refractivity contribution is 5.86. The average Bonchev–Trinajstić information content (AvgIpc) is 2.68. The number of hydrogen-bond donors (Lipinski definition) is 1. The summed E-state index contributed by atoms with van der Waals surface area (Å²) in [5.74, 6) is -0.627. The third kappa shape index (κ3) is 4.93. The number of carbonyl (C=O) groups is 1. The van der Waals surface area contributed by atoms with Gasteiger partial charge in [0.05, 0.1) is 0 Å². The lowest BCUT2D eigenvalue weighted by Crippen LogP contribution is -2.41. The number of hydrogen-bond acceptors (Lipinski definition) is 4. The van der Waals surface area contributed by atoms with Crippen molar-refractivity contribution < 1.29 is 14.6 Å². The van der Waals surface area contributed by atoms with Crippen molar-refractivity contribution in [3.05, 3.63) is 70.3 Å². The van der Waals surface area contributed by atoms with E-state index in [1.165, 1.54) is 0 Å². The molecule has 0 aliphatic carbocycles. The molecule has 0 saturated heterocycles. The molecule has 0 aromatic heterocycles. The van der Waals surface area contributed by atoms with Gasteiger partial charge in [-0.3, -0.25) is 0 Å². The van der Waals surface area contributed by atoms with Crippen LogP contribution in [0.3, 0.4) is 0 Å². The molecule has 5 heteroatoms. The third-order valence-electron chi connectivity index (χ3n) is 5.33. The zero-order valence-electron chi connectivity index (χ0n) is 17.5. The number of carbonyl (C=O) groups excluding carboxylic acids is 1. The average molecular weight is 406 g/mol. The fraction of sp³-hybridized carbons (Fsp3) is 0.435. The van der Waals surface area contributed by atoms with Crippen molar-refractivity contribution >= 4 is 18.4 Å². The van der Waals surface area contributed by atoms with Crippen LogP contribution >= 0.6 is 12.4 Å². The summed E-state index contributed by atoms with van der Waals surface area (Å²) in [7, 11) is 0. The number of nitrogens with zero attached hydrogens (tertiary/aromatic N) is 1. The first kappa shape index (κ1) is 24.2. The number of aliphatic hydroxyl groups is 1. The highest BCUT2D eigenvalue weighted by Gasteiger charge is 2.44. The fourth-order valence-corrected chi connectivity index (χ4v) is 3.46.